The number of hydrogen-bond donors (Lipinski definition) is 2. The van der Waals surface area contributed by atoms with Crippen LogP contribution < -0.4 is 15.8 Å². The summed E-state index contributed by atoms with van der Waals surface area (Å²) in [6.45, 7) is 0. The highest BCUT2D eigenvalue weighted by Gasteiger charge is 2.30. The maximum Gasteiger partial charge on any atom is 0.573 e. The zero-order valence-corrected chi connectivity index (χ0v) is 11.6. The van der Waals surface area contributed by atoms with Crippen molar-refractivity contribution in [2.24, 2.45) is 0 Å². The predicted molar refractivity (Wildman–Crippen MR) is 80.4 cm³/mol. The van der Waals surface area contributed by atoms with Gasteiger partial charge in [0.25, 0.3) is 0 Å². The van der Waals surface area contributed by atoms with E-state index in [-0.39, 0.29) is 5.75 Å². The van der Waals surface area contributed by atoms with Crippen LogP contribution in [0, 0.1) is 0 Å². The minimum Gasteiger partial charge on any atom is -0.406 e. The molecule has 1 aromatic heterocycles. The summed E-state index contributed by atoms with van der Waals surface area (Å²) in [7, 11) is 0. The molecule has 2 aromatic carbocycles. The number of rotatable bonds is 3. The van der Waals surface area contributed by atoms with Crippen LogP contribution in [0.2, 0.25) is 0 Å². The van der Waals surface area contributed by atoms with Gasteiger partial charge >= 0.3 is 6.36 Å². The highest BCUT2D eigenvalue weighted by Crippen LogP contribution is 2.27. The van der Waals surface area contributed by atoms with Crippen LogP contribution in [-0.2, 0) is 0 Å². The van der Waals surface area contributed by atoms with Crippen molar-refractivity contribution in [3.63, 3.8) is 0 Å². The van der Waals surface area contributed by atoms with Crippen molar-refractivity contribution in [3.05, 3.63) is 48.8 Å². The zero-order valence-electron chi connectivity index (χ0n) is 11.6. The van der Waals surface area contributed by atoms with Gasteiger partial charge in [0.15, 0.2) is 0 Å². The lowest BCUT2D eigenvalue weighted by Crippen LogP contribution is -2.16. The van der Waals surface area contributed by atoms with Crippen molar-refractivity contribution < 1.29 is 17.9 Å². The van der Waals surface area contributed by atoms with E-state index in [9.17, 15) is 13.2 Å². The first-order chi connectivity index (χ1) is 10.9. The van der Waals surface area contributed by atoms with Crippen LogP contribution in [-0.4, -0.2) is 16.3 Å². The van der Waals surface area contributed by atoms with Crippen LogP contribution in [0.4, 0.5) is 30.4 Å². The van der Waals surface area contributed by atoms with Crippen molar-refractivity contribution in [2.45, 2.75) is 6.36 Å². The topological polar surface area (TPSA) is 73.1 Å². The summed E-state index contributed by atoms with van der Waals surface area (Å²) in [5, 5.41) is 3.73. The maximum absolute atomic E-state index is 12.1. The number of halogens is 3. The second kappa shape index (κ2) is 5.64. The van der Waals surface area contributed by atoms with Crippen LogP contribution >= 0.6 is 0 Å². The summed E-state index contributed by atoms with van der Waals surface area (Å²) in [5.74, 6) is 0.214. The fourth-order valence-corrected chi connectivity index (χ4v) is 2.05. The zero-order chi connectivity index (χ0) is 16.4. The first-order valence-electron chi connectivity index (χ1n) is 6.54. The molecule has 3 N–H and O–H groups in total. The number of fused-ring (bicyclic) bond motifs is 1. The Labute approximate surface area is 128 Å². The monoisotopic (exact) mass is 320 g/mol. The van der Waals surface area contributed by atoms with Crippen molar-refractivity contribution in [2.75, 3.05) is 11.1 Å². The molecule has 0 spiro atoms. The molecule has 0 radical (unpaired) electrons. The van der Waals surface area contributed by atoms with Crippen molar-refractivity contribution in [1.82, 2.24) is 9.97 Å². The van der Waals surface area contributed by atoms with Gasteiger partial charge < -0.3 is 15.8 Å². The molecule has 3 aromatic rings. The number of benzene rings is 2. The van der Waals surface area contributed by atoms with Crippen molar-refractivity contribution in [1.29, 1.82) is 0 Å². The van der Waals surface area contributed by atoms with E-state index in [4.69, 9.17) is 5.73 Å². The number of nitrogen functional groups attached to an aromatic ring is 1. The quantitative estimate of drug-likeness (QED) is 0.717. The lowest BCUT2D eigenvalue weighted by Gasteiger charge is -2.11. The molecule has 1 heterocycles. The minimum absolute atomic E-state index is 0.292. The van der Waals surface area contributed by atoms with Gasteiger partial charge in [0.05, 0.1) is 5.52 Å². The van der Waals surface area contributed by atoms with E-state index in [1.165, 1.54) is 30.6 Å². The second-order valence-corrected chi connectivity index (χ2v) is 4.70. The molecule has 0 bridgehead atoms. The molecule has 8 heteroatoms. The van der Waals surface area contributed by atoms with Crippen LogP contribution in [0.5, 0.6) is 5.75 Å². The lowest BCUT2D eigenvalue weighted by molar-refractivity contribution is -0.274. The summed E-state index contributed by atoms with van der Waals surface area (Å²) in [6, 6.07) is 10.6. The Kier molecular flexibility index (Phi) is 3.65. The molecule has 0 atom stereocenters. The van der Waals surface area contributed by atoms with Gasteiger partial charge in [-0.1, -0.05) is 0 Å². The molecular formula is C15H11F3N4O. The van der Waals surface area contributed by atoms with E-state index in [1.807, 2.05) is 0 Å². The highest BCUT2D eigenvalue weighted by atomic mass is 19.4. The average molecular weight is 320 g/mol. The third kappa shape index (κ3) is 3.60. The number of hydrogen-bond acceptors (Lipinski definition) is 5. The van der Waals surface area contributed by atoms with Crippen LogP contribution in [0.25, 0.3) is 10.9 Å². The number of alkyl halides is 3. The molecule has 0 fully saturated rings. The van der Waals surface area contributed by atoms with Gasteiger partial charge in [0.2, 0.25) is 0 Å². The molecule has 3 rings (SSSR count). The SMILES string of the molecule is Nc1ccc2ncnc(Nc3ccc(OC(F)(F)F)cc3)c2c1. The van der Waals surface area contributed by atoms with E-state index in [1.54, 1.807) is 18.2 Å². The van der Waals surface area contributed by atoms with E-state index in [0.29, 0.717) is 28.1 Å². The Balaban J connectivity index is 1.86. The molecule has 0 aliphatic rings. The molecule has 0 amide bonds. The molecule has 118 valence electrons. The summed E-state index contributed by atoms with van der Waals surface area (Å²) >= 11 is 0. The first-order valence-corrected chi connectivity index (χ1v) is 6.54. The second-order valence-electron chi connectivity index (χ2n) is 4.70. The maximum atomic E-state index is 12.1. The van der Waals surface area contributed by atoms with E-state index >= 15 is 0 Å². The largest absolute Gasteiger partial charge is 0.573 e. The molecule has 0 saturated carbocycles. The average Bonchev–Trinajstić information content (AvgIpc) is 2.48. The third-order valence-electron chi connectivity index (χ3n) is 3.01. The number of ether oxygens (including phenoxy) is 1. The number of aromatic nitrogens is 2. The Morgan fingerprint density at radius 2 is 1.74 bits per heavy atom. The Morgan fingerprint density at radius 3 is 2.43 bits per heavy atom. The normalized spacial score (nSPS) is 11.4. The van der Waals surface area contributed by atoms with Crippen LogP contribution in [0.3, 0.4) is 0 Å². The molecular weight excluding hydrogens is 309 g/mol. The van der Waals surface area contributed by atoms with Gasteiger partial charge in [-0.05, 0) is 42.5 Å². The lowest BCUT2D eigenvalue weighted by atomic mass is 10.2. The fraction of sp³-hybridized carbons (Fsp3) is 0.0667. The smallest absolute Gasteiger partial charge is 0.406 e. The summed E-state index contributed by atoms with van der Waals surface area (Å²) < 4.78 is 40.2. The Hall–Kier alpha value is -3.03. The Bertz CT molecular complexity index is 834. The van der Waals surface area contributed by atoms with E-state index in [2.05, 4.69) is 20.0 Å². The molecule has 0 saturated heterocycles. The summed E-state index contributed by atoms with van der Waals surface area (Å²) in [4.78, 5) is 8.26. The van der Waals surface area contributed by atoms with Crippen LogP contribution in [0.1, 0.15) is 0 Å². The van der Waals surface area contributed by atoms with Crippen LogP contribution in [0.15, 0.2) is 48.8 Å². The molecule has 0 aliphatic carbocycles. The number of anilines is 3. The summed E-state index contributed by atoms with van der Waals surface area (Å²) in [6.07, 6.45) is -3.32. The van der Waals surface area contributed by atoms with Gasteiger partial charge in [-0.15, -0.1) is 13.2 Å². The third-order valence-corrected chi connectivity index (χ3v) is 3.01. The van der Waals surface area contributed by atoms with Gasteiger partial charge in [0, 0.05) is 16.8 Å². The van der Waals surface area contributed by atoms with Gasteiger partial charge in [-0.2, -0.15) is 0 Å². The number of nitrogens with one attached hydrogen (secondary N) is 1. The Morgan fingerprint density at radius 1 is 1.00 bits per heavy atom. The van der Waals surface area contributed by atoms with Crippen molar-refractivity contribution in [3.8, 4) is 5.75 Å². The minimum atomic E-state index is -4.71. The number of nitrogens with zero attached hydrogens (tertiary/aromatic N) is 2. The van der Waals surface area contributed by atoms with Gasteiger partial charge in [-0.25, -0.2) is 9.97 Å². The predicted octanol–water partition coefficient (Wildman–Crippen LogP) is 3.85. The van der Waals surface area contributed by atoms with Gasteiger partial charge in [-0.3, -0.25) is 0 Å². The molecule has 23 heavy (non-hydrogen) atoms. The van der Waals surface area contributed by atoms with E-state index in [0.717, 1.165) is 0 Å². The number of nitrogens with two attached hydrogens (primary N) is 1. The fourth-order valence-electron chi connectivity index (χ4n) is 2.05. The van der Waals surface area contributed by atoms with Gasteiger partial charge in [0.1, 0.15) is 17.9 Å². The molecule has 0 unspecified atom stereocenters. The molecule has 0 aliphatic heterocycles. The van der Waals surface area contributed by atoms with E-state index < -0.39 is 6.36 Å². The van der Waals surface area contributed by atoms with Crippen molar-refractivity contribution >= 4 is 28.1 Å². The summed E-state index contributed by atoms with van der Waals surface area (Å²) in [5.41, 5.74) is 7.58. The first kappa shape index (κ1) is 14.9. The highest BCUT2D eigenvalue weighted by molar-refractivity contribution is 5.92. The molecule has 5 nitrogen and oxygen atoms in total. The standard InChI is InChI=1S/C15H11F3N4O/c16-15(17,18)23-11-4-2-10(3-5-11)22-14-12-7-9(19)1-6-13(12)20-8-21-14/h1-8H,19H2,(H,20,21,22).